The summed E-state index contributed by atoms with van der Waals surface area (Å²) in [7, 11) is 0. The number of fused-ring (bicyclic) bond motifs is 1. The normalized spacial score (nSPS) is 10.9. The van der Waals surface area contributed by atoms with E-state index in [2.05, 4.69) is 43.5 Å². The number of anilines is 1. The number of aliphatic hydroxyl groups excluding tert-OH is 1. The number of pyridine rings is 2. The van der Waals surface area contributed by atoms with Gasteiger partial charge in [-0.25, -0.2) is 9.97 Å². The van der Waals surface area contributed by atoms with Crippen molar-refractivity contribution >= 4 is 16.7 Å². The van der Waals surface area contributed by atoms with Gasteiger partial charge in [0.05, 0.1) is 18.3 Å². The number of nitrogens with zero attached hydrogens (tertiary/aromatic N) is 4. The predicted molar refractivity (Wildman–Crippen MR) is 106 cm³/mol. The molecule has 0 atom stereocenters. The van der Waals surface area contributed by atoms with E-state index in [1.807, 2.05) is 31.2 Å². The average Bonchev–Trinajstić information content (AvgIpc) is 2.72. The van der Waals surface area contributed by atoms with Crippen molar-refractivity contribution in [1.29, 1.82) is 0 Å². The predicted octanol–water partition coefficient (Wildman–Crippen LogP) is 3.47. The Kier molecular flexibility index (Phi) is 4.72. The third-order valence-electron chi connectivity index (χ3n) is 4.34. The van der Waals surface area contributed by atoms with Crippen molar-refractivity contribution in [2.24, 2.45) is 0 Å². The summed E-state index contributed by atoms with van der Waals surface area (Å²) >= 11 is 0. The largest absolute Gasteiger partial charge is 0.395 e. The second-order valence-corrected chi connectivity index (χ2v) is 6.16. The fraction of sp³-hybridized carbons (Fsp3) is 0.143. The molecule has 3 aromatic heterocycles. The summed E-state index contributed by atoms with van der Waals surface area (Å²) in [6.45, 7) is 2.45. The van der Waals surface area contributed by atoms with Gasteiger partial charge in [-0.1, -0.05) is 24.3 Å². The average molecular weight is 357 g/mol. The molecular weight excluding hydrogens is 338 g/mol. The van der Waals surface area contributed by atoms with E-state index >= 15 is 0 Å². The van der Waals surface area contributed by atoms with Crippen LogP contribution >= 0.6 is 0 Å². The monoisotopic (exact) mass is 357 g/mol. The van der Waals surface area contributed by atoms with E-state index in [1.54, 1.807) is 18.6 Å². The van der Waals surface area contributed by atoms with Gasteiger partial charge in [0.2, 0.25) is 0 Å². The maximum absolute atomic E-state index is 9.15. The molecule has 0 spiro atoms. The highest BCUT2D eigenvalue weighted by molar-refractivity contribution is 5.90. The number of hydrogen-bond donors (Lipinski definition) is 2. The Morgan fingerprint density at radius 3 is 2.74 bits per heavy atom. The summed E-state index contributed by atoms with van der Waals surface area (Å²) < 4.78 is 0. The van der Waals surface area contributed by atoms with Gasteiger partial charge in [-0.3, -0.25) is 9.97 Å². The van der Waals surface area contributed by atoms with Crippen LogP contribution in [0.5, 0.6) is 0 Å². The van der Waals surface area contributed by atoms with Crippen molar-refractivity contribution in [2.75, 3.05) is 18.5 Å². The third-order valence-corrected chi connectivity index (χ3v) is 4.34. The minimum absolute atomic E-state index is 0.0294. The van der Waals surface area contributed by atoms with Crippen molar-refractivity contribution in [3.8, 4) is 22.5 Å². The lowest BCUT2D eigenvalue weighted by Gasteiger charge is -2.11. The van der Waals surface area contributed by atoms with Crippen LogP contribution in [0.3, 0.4) is 0 Å². The second kappa shape index (κ2) is 7.47. The van der Waals surface area contributed by atoms with Crippen molar-refractivity contribution in [1.82, 2.24) is 19.9 Å². The number of aromatic nitrogens is 4. The molecule has 0 saturated carbocycles. The highest BCUT2D eigenvalue weighted by atomic mass is 16.3. The van der Waals surface area contributed by atoms with Crippen molar-refractivity contribution in [3.63, 3.8) is 0 Å². The smallest absolute Gasteiger partial charge is 0.162 e. The van der Waals surface area contributed by atoms with Gasteiger partial charge in [0.15, 0.2) is 5.82 Å². The number of nitrogens with one attached hydrogen (secondary N) is 1. The van der Waals surface area contributed by atoms with Crippen LogP contribution in [0.15, 0.2) is 61.1 Å². The summed E-state index contributed by atoms with van der Waals surface area (Å²) in [5.74, 6) is 1.30. The maximum Gasteiger partial charge on any atom is 0.162 e. The molecule has 4 aromatic rings. The summed E-state index contributed by atoms with van der Waals surface area (Å²) in [5.41, 5.74) is 4.79. The fourth-order valence-corrected chi connectivity index (χ4v) is 3.03. The van der Waals surface area contributed by atoms with E-state index < -0.39 is 0 Å². The van der Waals surface area contributed by atoms with Gasteiger partial charge in [-0.05, 0) is 30.7 Å². The topological polar surface area (TPSA) is 83.8 Å². The molecule has 0 saturated heterocycles. The Bertz CT molecular complexity index is 1100. The SMILES string of the molecule is Cc1ncccc1-c1cccc(-c2nc(NCCO)c3ccncc3n2)c1. The van der Waals surface area contributed by atoms with Crippen LogP contribution < -0.4 is 5.32 Å². The zero-order chi connectivity index (χ0) is 18.6. The maximum atomic E-state index is 9.15. The van der Waals surface area contributed by atoms with E-state index in [-0.39, 0.29) is 6.61 Å². The molecule has 27 heavy (non-hydrogen) atoms. The third kappa shape index (κ3) is 3.47. The van der Waals surface area contributed by atoms with Crippen LogP contribution in [-0.4, -0.2) is 38.2 Å². The molecule has 0 aliphatic heterocycles. The molecule has 1 aromatic carbocycles. The lowest BCUT2D eigenvalue weighted by atomic mass is 10.0. The van der Waals surface area contributed by atoms with Gasteiger partial charge in [0.1, 0.15) is 5.82 Å². The lowest BCUT2D eigenvalue weighted by Crippen LogP contribution is -2.08. The molecular formula is C21H19N5O. The van der Waals surface area contributed by atoms with Crippen LogP contribution in [0.2, 0.25) is 0 Å². The van der Waals surface area contributed by atoms with Crippen LogP contribution in [0.4, 0.5) is 5.82 Å². The van der Waals surface area contributed by atoms with Gasteiger partial charge >= 0.3 is 0 Å². The van der Waals surface area contributed by atoms with E-state index in [4.69, 9.17) is 5.11 Å². The minimum atomic E-state index is 0.0294. The first-order valence-electron chi connectivity index (χ1n) is 8.75. The Morgan fingerprint density at radius 2 is 1.89 bits per heavy atom. The molecule has 0 unspecified atom stereocenters. The highest BCUT2D eigenvalue weighted by Crippen LogP contribution is 2.28. The van der Waals surface area contributed by atoms with Gasteiger partial charge in [0, 0.05) is 41.1 Å². The molecule has 6 nitrogen and oxygen atoms in total. The number of aryl methyl sites for hydroxylation is 1. The Morgan fingerprint density at radius 1 is 1.00 bits per heavy atom. The van der Waals surface area contributed by atoms with E-state index in [1.165, 1.54) is 0 Å². The molecule has 0 aliphatic carbocycles. The molecule has 4 rings (SSSR count). The van der Waals surface area contributed by atoms with Gasteiger partial charge in [-0.15, -0.1) is 0 Å². The Balaban J connectivity index is 1.83. The quantitative estimate of drug-likeness (QED) is 0.569. The van der Waals surface area contributed by atoms with Crippen molar-refractivity contribution in [3.05, 3.63) is 66.7 Å². The number of aliphatic hydroxyl groups is 1. The molecule has 6 heteroatoms. The van der Waals surface area contributed by atoms with Crippen LogP contribution in [-0.2, 0) is 0 Å². The van der Waals surface area contributed by atoms with Crippen LogP contribution in [0.25, 0.3) is 33.4 Å². The fourth-order valence-electron chi connectivity index (χ4n) is 3.03. The summed E-state index contributed by atoms with van der Waals surface area (Å²) in [6.07, 6.45) is 5.22. The van der Waals surface area contributed by atoms with Crippen molar-refractivity contribution < 1.29 is 5.11 Å². The first-order valence-corrected chi connectivity index (χ1v) is 8.75. The second-order valence-electron chi connectivity index (χ2n) is 6.16. The van der Waals surface area contributed by atoms with E-state index in [0.29, 0.717) is 18.2 Å². The van der Waals surface area contributed by atoms with Crippen LogP contribution in [0, 0.1) is 6.92 Å². The molecule has 0 fully saturated rings. The number of rotatable bonds is 5. The van der Waals surface area contributed by atoms with E-state index in [9.17, 15) is 0 Å². The zero-order valence-corrected chi connectivity index (χ0v) is 14.9. The molecule has 0 bridgehead atoms. The minimum Gasteiger partial charge on any atom is -0.395 e. The number of hydrogen-bond acceptors (Lipinski definition) is 6. The van der Waals surface area contributed by atoms with Gasteiger partial charge in [-0.2, -0.15) is 0 Å². The molecule has 0 aliphatic rings. The molecule has 0 amide bonds. The van der Waals surface area contributed by atoms with E-state index in [0.717, 1.165) is 33.3 Å². The number of benzene rings is 1. The van der Waals surface area contributed by atoms with Gasteiger partial charge in [0.25, 0.3) is 0 Å². The Labute approximate surface area is 157 Å². The lowest BCUT2D eigenvalue weighted by molar-refractivity contribution is 0.311. The first kappa shape index (κ1) is 17.1. The summed E-state index contributed by atoms with van der Waals surface area (Å²) in [6, 6.07) is 14.0. The molecule has 2 N–H and O–H groups in total. The molecule has 134 valence electrons. The highest BCUT2D eigenvalue weighted by Gasteiger charge is 2.11. The first-order chi connectivity index (χ1) is 13.3. The zero-order valence-electron chi connectivity index (χ0n) is 14.9. The van der Waals surface area contributed by atoms with Gasteiger partial charge < -0.3 is 10.4 Å². The molecule has 3 heterocycles. The summed E-state index contributed by atoms with van der Waals surface area (Å²) in [4.78, 5) is 17.9. The standard InChI is InChI=1S/C21H19N5O/c1-14-17(6-3-8-23-14)15-4-2-5-16(12-15)20-25-19-13-22-9-7-18(19)21(26-20)24-10-11-27/h2-9,12-13,27H,10-11H2,1H3,(H,24,25,26). The van der Waals surface area contributed by atoms with Crippen LogP contribution in [0.1, 0.15) is 5.69 Å². The Hall–Kier alpha value is -3.38. The van der Waals surface area contributed by atoms with Crippen molar-refractivity contribution in [2.45, 2.75) is 6.92 Å². The summed E-state index contributed by atoms with van der Waals surface area (Å²) in [5, 5.41) is 13.2. The molecule has 0 radical (unpaired) electrons.